The first-order chi connectivity index (χ1) is 1.00. The van der Waals surface area contributed by atoms with Gasteiger partial charge in [-0.15, -0.1) is 0 Å². The van der Waals surface area contributed by atoms with Crippen LogP contribution >= 0.6 is 11.9 Å². The Bertz CT molecular complexity index is 14.0. The summed E-state index contributed by atoms with van der Waals surface area (Å²) >= 11 is 3.64. The summed E-state index contributed by atoms with van der Waals surface area (Å²) in [6, 6.07) is 0. The van der Waals surface area contributed by atoms with E-state index in [9.17, 15) is 0 Å². The van der Waals surface area contributed by atoms with Crippen molar-refractivity contribution in [2.75, 3.05) is 0 Å². The van der Waals surface area contributed by atoms with Gasteiger partial charge in [0.05, 0.1) is 11.9 Å². The van der Waals surface area contributed by atoms with Gasteiger partial charge in [-0.05, 0) is 0 Å². The molecule has 0 atom stereocenters. The molecule has 0 aromatic rings. The van der Waals surface area contributed by atoms with E-state index in [2.05, 4.69) is 11.9 Å². The van der Waals surface area contributed by atoms with E-state index in [0.29, 0.717) is 0 Å². The summed E-state index contributed by atoms with van der Waals surface area (Å²) in [5, 5.41) is 0. The molecule has 1 nitrogen and oxygen atoms in total. The molecule has 0 aliphatic carbocycles. The first-order valence-electron chi connectivity index (χ1n) is 0.169. The summed E-state index contributed by atoms with van der Waals surface area (Å²) in [6.07, 6.45) is 0. The van der Waals surface area contributed by atoms with Gasteiger partial charge in [-0.25, -0.2) is 0 Å². The molecule has 4 heteroatoms. The average molecular weight is 137 g/mol. The minimum atomic E-state index is 0. The maximum atomic E-state index is 6.47. The van der Waals surface area contributed by atoms with Crippen molar-refractivity contribution in [3.63, 3.8) is 0 Å². The second-order valence-electron chi connectivity index (χ2n) is 0. The van der Waals surface area contributed by atoms with E-state index in [1.807, 2.05) is 0 Å². The van der Waals surface area contributed by atoms with Crippen LogP contribution in [-0.2, 0) is 0 Å². The maximum absolute atomic E-state index is 6.47. The number of hydrogen-bond acceptors (Lipinski definition) is 1. The van der Waals surface area contributed by atoms with Crippen molar-refractivity contribution >= 4 is 87.3 Å². The third-order valence-corrected chi connectivity index (χ3v) is 0. The number of halogens is 1. The van der Waals surface area contributed by atoms with Crippen molar-refractivity contribution in [1.82, 2.24) is 0 Å². The quantitative estimate of drug-likeness (QED) is 0.459. The van der Waals surface area contributed by atoms with Crippen LogP contribution in [0.15, 0.2) is 0 Å². The van der Waals surface area contributed by atoms with Crippen molar-refractivity contribution in [1.29, 1.82) is 0 Å². The van der Waals surface area contributed by atoms with E-state index < -0.39 is 0 Å². The van der Waals surface area contributed by atoms with Crippen LogP contribution in [0.25, 0.3) is 0 Å². The Hall–Kier alpha value is 2.77. The zero-order valence-corrected chi connectivity index (χ0v) is 7.41. The second-order valence-corrected chi connectivity index (χ2v) is 0. The van der Waals surface area contributed by atoms with Crippen LogP contribution in [0.4, 0.5) is 0 Å². The summed E-state index contributed by atoms with van der Waals surface area (Å²) in [4.78, 5) is 0. The summed E-state index contributed by atoms with van der Waals surface area (Å²) in [6.45, 7) is 0. The molecule has 0 radical (unpaired) electrons. The topological polar surface area (TPSA) is 20.2 Å². The van der Waals surface area contributed by atoms with Crippen molar-refractivity contribution < 1.29 is 10.4 Å². The zero-order valence-electron chi connectivity index (χ0n) is 6.24. The molecule has 0 fully saturated rings. The molecular weight excluding hydrogens is 132 g/mol. The van der Waals surface area contributed by atoms with Gasteiger partial charge < -0.3 is 5.71 Å². The molecule has 0 heterocycles. The third-order valence-electron chi connectivity index (χ3n) is 0. The van der Waals surface area contributed by atoms with Crippen molar-refractivity contribution in [3.8, 4) is 0 Å². The van der Waals surface area contributed by atoms with Gasteiger partial charge in [0.15, 0.2) is 0 Å². The Labute approximate surface area is 95.8 Å². The Balaban J connectivity index is -0.000000000333. The fourth-order valence-corrected chi connectivity index (χ4v) is 0. The van der Waals surface area contributed by atoms with Gasteiger partial charge in [0, 0.05) is 0 Å². The Morgan fingerprint density at radius 1 is 1.25 bits per heavy atom. The molecule has 0 aliphatic heterocycles. The van der Waals surface area contributed by atoms with Crippen LogP contribution in [0.1, 0.15) is 5.71 Å². The molecule has 0 rings (SSSR count). The van der Waals surface area contributed by atoms with Gasteiger partial charge in [-0.1, -0.05) is 0 Å². The molecule has 0 aliphatic rings. The van der Waals surface area contributed by atoms with Crippen LogP contribution in [0.5, 0.6) is 0 Å². The standard InChI is InChI=1S/2Ca.ClHO.4H/c;;1-2;;;;/h;;2H;;;;/q2*+2;;4*-1. The third kappa shape index (κ3) is 8.84. The molecule has 0 spiro atoms. The van der Waals surface area contributed by atoms with Crippen LogP contribution in [0, 0.1) is 0 Å². The van der Waals surface area contributed by atoms with Gasteiger partial charge in [0.1, 0.15) is 0 Å². The van der Waals surface area contributed by atoms with Crippen molar-refractivity contribution in [3.05, 3.63) is 0 Å². The Morgan fingerprint density at radius 2 is 1.25 bits per heavy atom. The fraction of sp³-hybridized carbons (Fsp3) is 0. The van der Waals surface area contributed by atoms with Crippen LogP contribution in [0.3, 0.4) is 0 Å². The normalized spacial score (nSPS) is 1.50. The average Bonchev–Trinajstić information content (AvgIpc) is 1.00. The Kier molecular flexibility index (Phi) is 67.8. The van der Waals surface area contributed by atoms with Crippen molar-refractivity contribution in [2.45, 2.75) is 0 Å². The van der Waals surface area contributed by atoms with E-state index in [1.54, 1.807) is 0 Å². The molecule has 1 N–H and O–H groups in total. The predicted molar refractivity (Wildman–Crippen MR) is 24.0 cm³/mol. The predicted octanol–water partition coefficient (Wildman–Crippen LogP) is -0.179. The fourth-order valence-electron chi connectivity index (χ4n) is 0. The number of hydrogen-bond donors (Lipinski definition) is 1. The summed E-state index contributed by atoms with van der Waals surface area (Å²) in [5.74, 6) is 0. The molecule has 0 saturated carbocycles. The molecule has 4 heavy (non-hydrogen) atoms. The Morgan fingerprint density at radius 3 is 1.25 bits per heavy atom. The van der Waals surface area contributed by atoms with Gasteiger partial charge >= 0.3 is 75.5 Å². The minimum absolute atomic E-state index is 0. The minimum Gasteiger partial charge on any atom is -1.00 e. The SMILES string of the molecule is OCl.[Ca+2].[Ca+2].[H-].[H-].[H-].[H-]. The van der Waals surface area contributed by atoms with E-state index >= 15 is 0 Å². The molecule has 0 unspecified atom stereocenters. The number of rotatable bonds is 0. The smallest absolute Gasteiger partial charge is 1.00 e. The molecule has 0 aromatic carbocycles. The van der Waals surface area contributed by atoms with E-state index in [4.69, 9.17) is 4.66 Å². The van der Waals surface area contributed by atoms with Crippen LogP contribution in [0.2, 0.25) is 0 Å². The van der Waals surface area contributed by atoms with Gasteiger partial charge in [0.25, 0.3) is 0 Å². The van der Waals surface area contributed by atoms with E-state index in [-0.39, 0.29) is 81.2 Å². The first kappa shape index (κ1) is 15.9. The summed E-state index contributed by atoms with van der Waals surface area (Å²) < 4.78 is 6.47. The molecule has 0 saturated heterocycles. The van der Waals surface area contributed by atoms with Gasteiger partial charge in [-0.2, -0.15) is 0 Å². The maximum Gasteiger partial charge on any atom is 2.00 e. The van der Waals surface area contributed by atoms with Crippen LogP contribution < -0.4 is 0 Å². The summed E-state index contributed by atoms with van der Waals surface area (Å²) in [5.41, 5.74) is 0. The molecule has 0 bridgehead atoms. The molecule has 22 valence electrons. The van der Waals surface area contributed by atoms with E-state index in [1.165, 1.54) is 0 Å². The molecule has 0 aromatic heterocycles. The monoisotopic (exact) mass is 136 g/mol. The zero-order chi connectivity index (χ0) is 2.00. The molecular formula is H5Ca2ClO. The largest absolute Gasteiger partial charge is 2.00 e. The van der Waals surface area contributed by atoms with Crippen molar-refractivity contribution in [2.24, 2.45) is 0 Å². The second kappa shape index (κ2) is 17.1. The van der Waals surface area contributed by atoms with Gasteiger partial charge in [-0.3, -0.25) is 4.66 Å². The van der Waals surface area contributed by atoms with Crippen LogP contribution in [-0.4, -0.2) is 80.1 Å². The first-order valence-corrected chi connectivity index (χ1v) is 0.507. The molecule has 0 amide bonds. The van der Waals surface area contributed by atoms with Gasteiger partial charge in [0.2, 0.25) is 0 Å². The summed E-state index contributed by atoms with van der Waals surface area (Å²) in [7, 11) is 0. The van der Waals surface area contributed by atoms with E-state index in [0.717, 1.165) is 0 Å².